The number of rotatable bonds is 6. The van der Waals surface area contributed by atoms with Crippen molar-refractivity contribution in [3.8, 4) is 0 Å². The van der Waals surface area contributed by atoms with Crippen molar-refractivity contribution in [2.75, 3.05) is 5.32 Å². The van der Waals surface area contributed by atoms with Gasteiger partial charge < -0.3 is 5.32 Å². The summed E-state index contributed by atoms with van der Waals surface area (Å²) < 4.78 is 1.86. The van der Waals surface area contributed by atoms with Crippen LogP contribution in [-0.4, -0.2) is 20.2 Å². The number of hydrogen-bond donors (Lipinski definition) is 1. The van der Waals surface area contributed by atoms with Gasteiger partial charge in [-0.1, -0.05) is 79.9 Å². The quantitative estimate of drug-likeness (QED) is 0.404. The minimum Gasteiger partial charge on any atom is -0.373 e. The molecule has 2 aromatic carbocycles. The Kier molecular flexibility index (Phi) is 6.99. The predicted octanol–water partition coefficient (Wildman–Crippen LogP) is 7.28. The Morgan fingerprint density at radius 1 is 0.968 bits per heavy atom. The third-order valence-corrected chi connectivity index (χ3v) is 5.70. The van der Waals surface area contributed by atoms with Crippen LogP contribution in [0, 0.1) is 5.41 Å². The van der Waals surface area contributed by atoms with Crippen molar-refractivity contribution in [1.29, 1.82) is 0 Å². The van der Waals surface area contributed by atoms with Gasteiger partial charge in [-0.2, -0.15) is 0 Å². The third-order valence-electron chi connectivity index (χ3n) is 4.90. The summed E-state index contributed by atoms with van der Waals surface area (Å²) >= 11 is 18.5. The molecule has 3 rings (SSSR count). The zero-order valence-electron chi connectivity index (χ0n) is 18.2. The van der Waals surface area contributed by atoms with E-state index in [1.165, 1.54) is 0 Å². The van der Waals surface area contributed by atoms with Crippen LogP contribution in [-0.2, 0) is 5.54 Å². The van der Waals surface area contributed by atoms with Crippen LogP contribution in [0.3, 0.4) is 0 Å². The van der Waals surface area contributed by atoms with Gasteiger partial charge in [-0.15, -0.1) is 5.10 Å². The molecule has 0 saturated heterocycles. The summed E-state index contributed by atoms with van der Waals surface area (Å²) in [6.45, 7) is 10.5. The Hall–Kier alpha value is -2.08. The maximum atomic E-state index is 6.36. The molecule has 0 fully saturated rings. The van der Waals surface area contributed by atoms with E-state index in [9.17, 15) is 0 Å². The van der Waals surface area contributed by atoms with E-state index in [0.29, 0.717) is 20.9 Å². The van der Waals surface area contributed by atoms with Gasteiger partial charge in [0.1, 0.15) is 0 Å². The first-order valence-corrected chi connectivity index (χ1v) is 11.1. The number of nitrogens with one attached hydrogen (secondary N) is 1. The van der Waals surface area contributed by atoms with Crippen molar-refractivity contribution in [2.45, 2.75) is 46.2 Å². The number of hydrogen-bond acceptors (Lipinski definition) is 4. The molecule has 0 radical (unpaired) electrons. The number of benzene rings is 2. The second kappa shape index (κ2) is 9.19. The molecule has 3 aromatic rings. The van der Waals surface area contributed by atoms with Crippen molar-refractivity contribution in [2.24, 2.45) is 5.41 Å². The molecule has 0 amide bonds. The fraction of sp³-hybridized carbons (Fsp3) is 0.348. The molecule has 1 unspecified atom stereocenters. The molecule has 1 aromatic heterocycles. The number of nitrogens with zero attached hydrogens (tertiary/aromatic N) is 4. The summed E-state index contributed by atoms with van der Waals surface area (Å²) in [6, 6.07) is 12.9. The first-order valence-electron chi connectivity index (χ1n) is 9.93. The Balaban J connectivity index is 1.97. The van der Waals surface area contributed by atoms with Crippen LogP contribution >= 0.6 is 34.8 Å². The molecule has 0 bridgehead atoms. The predicted molar refractivity (Wildman–Crippen MR) is 130 cm³/mol. The Morgan fingerprint density at radius 2 is 1.68 bits per heavy atom. The lowest BCUT2D eigenvalue weighted by molar-refractivity contribution is 0.258. The number of halogens is 3. The molecule has 8 heteroatoms. The molecule has 1 heterocycles. The second-order valence-electron chi connectivity index (χ2n) is 9.04. The van der Waals surface area contributed by atoms with Crippen LogP contribution in [0.1, 0.15) is 52.0 Å². The van der Waals surface area contributed by atoms with Crippen molar-refractivity contribution in [1.82, 2.24) is 20.2 Å². The smallest absolute Gasteiger partial charge is 0.176 e. The van der Waals surface area contributed by atoms with E-state index in [1.54, 1.807) is 6.07 Å². The van der Waals surface area contributed by atoms with Gasteiger partial charge in [-0.05, 0) is 65.6 Å². The highest BCUT2D eigenvalue weighted by atomic mass is 35.5. The molecule has 31 heavy (non-hydrogen) atoms. The van der Waals surface area contributed by atoms with Gasteiger partial charge in [-0.25, -0.2) is 4.68 Å². The number of aromatic nitrogens is 4. The maximum Gasteiger partial charge on any atom is 0.176 e. The van der Waals surface area contributed by atoms with Crippen LogP contribution in [0.4, 0.5) is 5.69 Å². The minimum absolute atomic E-state index is 0.121. The van der Waals surface area contributed by atoms with Crippen molar-refractivity contribution in [3.05, 3.63) is 75.0 Å². The SMILES string of the molecule is CC(C)(Nc1cccc(Cl)c1)c1nnnn1C(C=Cc1ccc(Cl)cc1Cl)C(C)(C)C. The molecule has 0 aliphatic heterocycles. The second-order valence-corrected chi connectivity index (χ2v) is 10.3. The van der Waals surface area contributed by atoms with Crippen molar-refractivity contribution >= 4 is 46.6 Å². The van der Waals surface area contributed by atoms with Crippen LogP contribution in [0.15, 0.2) is 48.5 Å². The zero-order valence-corrected chi connectivity index (χ0v) is 20.5. The number of allylic oxidation sites excluding steroid dienone is 1. The highest BCUT2D eigenvalue weighted by Crippen LogP contribution is 2.36. The van der Waals surface area contributed by atoms with Gasteiger partial charge in [0.25, 0.3) is 0 Å². The maximum absolute atomic E-state index is 6.36. The first kappa shape index (κ1) is 23.6. The van der Waals surface area contributed by atoms with Crippen LogP contribution in [0.25, 0.3) is 6.08 Å². The summed E-state index contributed by atoms with van der Waals surface area (Å²) in [7, 11) is 0. The molecule has 0 aliphatic rings. The lowest BCUT2D eigenvalue weighted by Gasteiger charge is -2.33. The Morgan fingerprint density at radius 3 is 2.32 bits per heavy atom. The lowest BCUT2D eigenvalue weighted by atomic mass is 9.85. The normalized spacial score (nSPS) is 13.5. The van der Waals surface area contributed by atoms with Gasteiger partial charge >= 0.3 is 0 Å². The van der Waals surface area contributed by atoms with Crippen LogP contribution < -0.4 is 5.32 Å². The van der Waals surface area contributed by atoms with E-state index in [2.05, 4.69) is 47.7 Å². The minimum atomic E-state index is -0.552. The largest absolute Gasteiger partial charge is 0.373 e. The molecular weight excluding hydrogens is 453 g/mol. The highest BCUT2D eigenvalue weighted by molar-refractivity contribution is 6.35. The Labute approximate surface area is 198 Å². The fourth-order valence-electron chi connectivity index (χ4n) is 3.34. The molecule has 1 atom stereocenters. The van der Waals surface area contributed by atoms with Gasteiger partial charge in [-0.3, -0.25) is 0 Å². The summed E-state index contributed by atoms with van der Waals surface area (Å²) in [4.78, 5) is 0. The van der Waals surface area contributed by atoms with Gasteiger partial charge in [0.05, 0.1) is 11.6 Å². The number of anilines is 1. The first-order chi connectivity index (χ1) is 14.5. The molecule has 1 N–H and O–H groups in total. The molecule has 5 nitrogen and oxygen atoms in total. The van der Waals surface area contributed by atoms with Crippen LogP contribution in [0.5, 0.6) is 0 Å². The van der Waals surface area contributed by atoms with E-state index >= 15 is 0 Å². The summed E-state index contributed by atoms with van der Waals surface area (Å²) in [5, 5.41) is 18.0. The summed E-state index contributed by atoms with van der Waals surface area (Å²) in [5.41, 5.74) is 1.06. The van der Waals surface area contributed by atoms with Crippen molar-refractivity contribution in [3.63, 3.8) is 0 Å². The highest BCUT2D eigenvalue weighted by Gasteiger charge is 2.34. The lowest BCUT2D eigenvalue weighted by Crippen LogP contribution is -2.35. The van der Waals surface area contributed by atoms with Gasteiger partial charge in [0.15, 0.2) is 5.82 Å². The summed E-state index contributed by atoms with van der Waals surface area (Å²) in [5.74, 6) is 0.708. The van der Waals surface area contributed by atoms with E-state index < -0.39 is 5.54 Å². The standard InChI is InChI=1S/C23H26Cl3N5/c1-22(2,3)20(12-10-15-9-11-17(25)14-19(15)26)31-21(28-29-30-31)23(4,5)27-18-8-6-7-16(24)13-18/h6-14,20,27H,1-5H3. The number of tetrazole rings is 1. The van der Waals surface area contributed by atoms with E-state index in [1.807, 2.05) is 61.0 Å². The Bertz CT molecular complexity index is 1080. The van der Waals surface area contributed by atoms with Crippen molar-refractivity contribution < 1.29 is 0 Å². The van der Waals surface area contributed by atoms with E-state index in [0.717, 1.165) is 11.3 Å². The monoisotopic (exact) mass is 477 g/mol. The van der Waals surface area contributed by atoms with Crippen LogP contribution in [0.2, 0.25) is 15.1 Å². The van der Waals surface area contributed by atoms with E-state index in [-0.39, 0.29) is 11.5 Å². The fourth-order valence-corrected chi connectivity index (χ4v) is 4.01. The van der Waals surface area contributed by atoms with Gasteiger partial charge in [0, 0.05) is 20.8 Å². The topological polar surface area (TPSA) is 55.6 Å². The zero-order chi connectivity index (χ0) is 22.8. The molecule has 164 valence electrons. The third kappa shape index (κ3) is 5.79. The van der Waals surface area contributed by atoms with E-state index in [4.69, 9.17) is 34.8 Å². The average Bonchev–Trinajstić information content (AvgIpc) is 3.12. The molecular formula is C23H26Cl3N5. The molecule has 0 aliphatic carbocycles. The van der Waals surface area contributed by atoms with Gasteiger partial charge in [0.2, 0.25) is 0 Å². The molecule has 0 saturated carbocycles. The average molecular weight is 479 g/mol. The molecule has 0 spiro atoms. The summed E-state index contributed by atoms with van der Waals surface area (Å²) in [6.07, 6.45) is 4.06.